The maximum atomic E-state index is 12.3. The zero-order valence-corrected chi connectivity index (χ0v) is 11.3. The van der Waals surface area contributed by atoms with Gasteiger partial charge in [0.15, 0.2) is 0 Å². The second kappa shape index (κ2) is 4.67. The monoisotopic (exact) mass is 311 g/mol. The van der Waals surface area contributed by atoms with Gasteiger partial charge in [-0.3, -0.25) is 4.84 Å². The summed E-state index contributed by atoms with van der Waals surface area (Å²) in [6.07, 6.45) is -0.139. The SMILES string of the molecule is FC(F)(F)Oc1ccc2c(c1)C[C@H]1C[C@@H](c3ccoc3)N2O1. The van der Waals surface area contributed by atoms with Crippen LogP contribution < -0.4 is 9.80 Å². The molecular weight excluding hydrogens is 299 g/mol. The molecule has 1 aromatic carbocycles. The van der Waals surface area contributed by atoms with E-state index in [4.69, 9.17) is 9.25 Å². The summed E-state index contributed by atoms with van der Waals surface area (Å²) in [6.45, 7) is 0. The average Bonchev–Trinajstić information content (AvgIpc) is 3.05. The van der Waals surface area contributed by atoms with Gasteiger partial charge >= 0.3 is 6.36 Å². The summed E-state index contributed by atoms with van der Waals surface area (Å²) < 4.78 is 46.1. The van der Waals surface area contributed by atoms with Crippen LogP contribution in [0.5, 0.6) is 5.75 Å². The molecule has 116 valence electrons. The van der Waals surface area contributed by atoms with Crippen LogP contribution in [0, 0.1) is 0 Å². The fourth-order valence-corrected chi connectivity index (χ4v) is 3.09. The number of anilines is 1. The third-order valence-electron chi connectivity index (χ3n) is 3.93. The average molecular weight is 311 g/mol. The van der Waals surface area contributed by atoms with Gasteiger partial charge in [-0.05, 0) is 29.8 Å². The molecule has 0 spiro atoms. The summed E-state index contributed by atoms with van der Waals surface area (Å²) in [4.78, 5) is 5.83. The Morgan fingerprint density at radius 2 is 2.09 bits per heavy atom. The van der Waals surface area contributed by atoms with Gasteiger partial charge in [0, 0.05) is 18.4 Å². The first kappa shape index (κ1) is 13.5. The molecule has 0 amide bonds. The molecule has 1 aromatic heterocycles. The van der Waals surface area contributed by atoms with Gasteiger partial charge in [0.25, 0.3) is 0 Å². The predicted octanol–water partition coefficient (Wildman–Crippen LogP) is 3.99. The molecule has 0 saturated carbocycles. The first-order chi connectivity index (χ1) is 10.5. The molecule has 2 aliphatic rings. The van der Waals surface area contributed by atoms with Crippen LogP contribution in [0.2, 0.25) is 0 Å². The Kier molecular flexibility index (Phi) is 2.87. The fourth-order valence-electron chi connectivity index (χ4n) is 3.09. The van der Waals surface area contributed by atoms with E-state index in [0.29, 0.717) is 6.42 Å². The molecule has 2 aliphatic heterocycles. The van der Waals surface area contributed by atoms with E-state index in [0.717, 1.165) is 23.2 Å². The molecule has 1 fully saturated rings. The van der Waals surface area contributed by atoms with E-state index in [1.165, 1.54) is 12.1 Å². The Hall–Kier alpha value is -2.15. The zero-order chi connectivity index (χ0) is 15.3. The number of alkyl halides is 3. The van der Waals surface area contributed by atoms with Gasteiger partial charge in [0.05, 0.1) is 30.4 Å². The van der Waals surface area contributed by atoms with Crippen LogP contribution in [0.1, 0.15) is 23.6 Å². The Bertz CT molecular complexity index is 684. The minimum Gasteiger partial charge on any atom is -0.472 e. The minimum atomic E-state index is -4.68. The Balaban J connectivity index is 1.66. The van der Waals surface area contributed by atoms with Gasteiger partial charge in [0.1, 0.15) is 5.75 Å². The van der Waals surface area contributed by atoms with E-state index in [1.807, 2.05) is 6.07 Å². The number of hydrogen-bond acceptors (Lipinski definition) is 4. The quantitative estimate of drug-likeness (QED) is 0.840. The highest BCUT2D eigenvalue weighted by molar-refractivity contribution is 5.58. The van der Waals surface area contributed by atoms with Crippen molar-refractivity contribution in [2.45, 2.75) is 31.3 Å². The normalized spacial score (nSPS) is 23.5. The zero-order valence-electron chi connectivity index (χ0n) is 11.3. The molecule has 2 bridgehead atoms. The van der Waals surface area contributed by atoms with Crippen LogP contribution in [-0.4, -0.2) is 12.5 Å². The van der Waals surface area contributed by atoms with Crippen molar-refractivity contribution in [3.05, 3.63) is 47.9 Å². The highest BCUT2D eigenvalue weighted by Gasteiger charge is 2.41. The van der Waals surface area contributed by atoms with Crippen molar-refractivity contribution in [1.82, 2.24) is 0 Å². The summed E-state index contributed by atoms with van der Waals surface area (Å²) in [5, 5.41) is 1.76. The van der Waals surface area contributed by atoms with E-state index >= 15 is 0 Å². The third kappa shape index (κ3) is 2.31. The lowest BCUT2D eigenvalue weighted by molar-refractivity contribution is -0.274. The van der Waals surface area contributed by atoms with Crippen LogP contribution in [0.25, 0.3) is 0 Å². The summed E-state index contributed by atoms with van der Waals surface area (Å²) in [5.74, 6) is -0.200. The maximum Gasteiger partial charge on any atom is 0.573 e. The molecule has 0 unspecified atom stereocenters. The second-order valence-electron chi connectivity index (χ2n) is 5.40. The number of hydrogen-bond donors (Lipinski definition) is 0. The van der Waals surface area contributed by atoms with Crippen molar-refractivity contribution >= 4 is 5.69 Å². The lowest BCUT2D eigenvalue weighted by Crippen LogP contribution is -2.27. The smallest absolute Gasteiger partial charge is 0.472 e. The number of halogens is 3. The summed E-state index contributed by atoms with van der Waals surface area (Å²) in [5.41, 5.74) is 2.56. The number of nitrogens with zero attached hydrogens (tertiary/aromatic N) is 1. The maximum absolute atomic E-state index is 12.3. The van der Waals surface area contributed by atoms with Gasteiger partial charge in [-0.25, -0.2) is 5.06 Å². The van der Waals surface area contributed by atoms with Gasteiger partial charge in [-0.2, -0.15) is 0 Å². The molecule has 22 heavy (non-hydrogen) atoms. The molecule has 4 rings (SSSR count). The summed E-state index contributed by atoms with van der Waals surface area (Å²) >= 11 is 0. The first-order valence-electron chi connectivity index (χ1n) is 6.86. The van der Waals surface area contributed by atoms with E-state index in [-0.39, 0.29) is 17.9 Å². The van der Waals surface area contributed by atoms with Crippen LogP contribution >= 0.6 is 0 Å². The molecule has 0 radical (unpaired) electrons. The number of benzene rings is 1. The molecule has 0 aliphatic carbocycles. The Morgan fingerprint density at radius 1 is 1.23 bits per heavy atom. The molecule has 7 heteroatoms. The Morgan fingerprint density at radius 3 is 2.82 bits per heavy atom. The van der Waals surface area contributed by atoms with E-state index in [9.17, 15) is 13.2 Å². The first-order valence-corrected chi connectivity index (χ1v) is 6.86. The molecule has 4 nitrogen and oxygen atoms in total. The van der Waals surface area contributed by atoms with Gasteiger partial charge in [-0.15, -0.1) is 13.2 Å². The van der Waals surface area contributed by atoms with Crippen LogP contribution in [0.3, 0.4) is 0 Å². The highest BCUT2D eigenvalue weighted by Crippen LogP contribution is 2.45. The van der Waals surface area contributed by atoms with Crippen molar-refractivity contribution in [2.24, 2.45) is 0 Å². The van der Waals surface area contributed by atoms with Crippen LogP contribution in [0.4, 0.5) is 18.9 Å². The second-order valence-corrected chi connectivity index (χ2v) is 5.40. The van der Waals surface area contributed by atoms with Crippen LogP contribution in [-0.2, 0) is 11.3 Å². The van der Waals surface area contributed by atoms with E-state index in [2.05, 4.69) is 4.74 Å². The lowest BCUT2D eigenvalue weighted by atomic mass is 10.0. The predicted molar refractivity (Wildman–Crippen MR) is 70.2 cm³/mol. The van der Waals surface area contributed by atoms with Crippen molar-refractivity contribution in [3.63, 3.8) is 0 Å². The van der Waals surface area contributed by atoms with Gasteiger partial charge in [0.2, 0.25) is 0 Å². The lowest BCUT2D eigenvalue weighted by Gasteiger charge is -2.30. The van der Waals surface area contributed by atoms with E-state index in [1.54, 1.807) is 23.7 Å². The van der Waals surface area contributed by atoms with Gasteiger partial charge < -0.3 is 9.15 Å². The molecule has 3 heterocycles. The number of furan rings is 1. The molecule has 2 aromatic rings. The van der Waals surface area contributed by atoms with Gasteiger partial charge in [-0.1, -0.05) is 0 Å². The standard InChI is InChI=1S/C15H12F3NO3/c16-15(17,18)21-11-1-2-13-10(5-11)6-12-7-14(19(13)22-12)9-3-4-20-8-9/h1-5,8,12,14H,6-7H2/t12-,14-/m0/s1. The topological polar surface area (TPSA) is 34.8 Å². The van der Waals surface area contributed by atoms with Crippen molar-refractivity contribution in [3.8, 4) is 5.75 Å². The van der Waals surface area contributed by atoms with E-state index < -0.39 is 6.36 Å². The number of fused-ring (bicyclic) bond motifs is 4. The molecular formula is C15H12F3NO3. The van der Waals surface area contributed by atoms with Crippen molar-refractivity contribution in [1.29, 1.82) is 0 Å². The van der Waals surface area contributed by atoms with Crippen molar-refractivity contribution in [2.75, 3.05) is 5.06 Å². The third-order valence-corrected chi connectivity index (χ3v) is 3.93. The Labute approximate surface area is 124 Å². The number of hydroxylamine groups is 1. The highest BCUT2D eigenvalue weighted by atomic mass is 19.4. The minimum absolute atomic E-state index is 0.0133. The van der Waals surface area contributed by atoms with Crippen molar-refractivity contribution < 1.29 is 27.2 Å². The molecule has 2 atom stereocenters. The number of ether oxygens (including phenoxy) is 1. The number of rotatable bonds is 2. The van der Waals surface area contributed by atoms with Crippen LogP contribution in [0.15, 0.2) is 41.2 Å². The molecule has 0 N–H and O–H groups in total. The fraction of sp³-hybridized carbons (Fsp3) is 0.333. The summed E-state index contributed by atoms with van der Waals surface area (Å²) in [7, 11) is 0. The molecule has 1 saturated heterocycles. The summed E-state index contributed by atoms with van der Waals surface area (Å²) in [6, 6.07) is 6.23. The largest absolute Gasteiger partial charge is 0.573 e.